The molecule has 0 saturated carbocycles. The van der Waals surface area contributed by atoms with Crippen LogP contribution < -0.4 is 10.1 Å². The molecule has 0 radical (unpaired) electrons. The van der Waals surface area contributed by atoms with E-state index >= 15 is 0 Å². The van der Waals surface area contributed by atoms with Crippen LogP contribution in [0.5, 0.6) is 5.75 Å². The van der Waals surface area contributed by atoms with Crippen LogP contribution in [0.4, 0.5) is 5.69 Å². The highest BCUT2D eigenvalue weighted by atomic mass is 127. The fraction of sp³-hybridized carbons (Fsp3) is 0.316. The molecule has 2 aromatic carbocycles. The Bertz CT molecular complexity index is 668. The smallest absolute Gasteiger partial charge is 0.262 e. The van der Waals surface area contributed by atoms with E-state index in [2.05, 4.69) is 53.9 Å². The third-order valence-electron chi connectivity index (χ3n) is 3.89. The lowest BCUT2D eigenvalue weighted by molar-refractivity contribution is -0.118. The molecule has 0 aliphatic carbocycles. The standard InChI is InChI=1S/C19H22INO2/c1-4-13(2)15-5-8-17(9-6-15)23-12-19(22)21-18-10-7-16(20)11-14(18)3/h5-11,13H,4,12H2,1-3H3,(H,21,22). The number of ether oxygens (including phenoxy) is 1. The molecule has 0 aliphatic rings. The second kappa shape index (κ2) is 8.34. The molecule has 2 rings (SSSR count). The van der Waals surface area contributed by atoms with E-state index in [1.54, 1.807) is 0 Å². The van der Waals surface area contributed by atoms with Crippen LogP contribution in [0.2, 0.25) is 0 Å². The van der Waals surface area contributed by atoms with Crippen molar-refractivity contribution in [3.8, 4) is 5.75 Å². The lowest BCUT2D eigenvalue weighted by Crippen LogP contribution is -2.20. The molecule has 2 aromatic rings. The van der Waals surface area contributed by atoms with Gasteiger partial charge < -0.3 is 10.1 Å². The highest BCUT2D eigenvalue weighted by Crippen LogP contribution is 2.21. The first-order valence-corrected chi connectivity index (χ1v) is 8.86. The Hall–Kier alpha value is -1.56. The number of nitrogens with one attached hydrogen (secondary N) is 1. The molecule has 0 spiro atoms. The van der Waals surface area contributed by atoms with Gasteiger partial charge in [0.05, 0.1) is 0 Å². The summed E-state index contributed by atoms with van der Waals surface area (Å²) >= 11 is 2.25. The van der Waals surface area contributed by atoms with Crippen molar-refractivity contribution in [2.24, 2.45) is 0 Å². The number of anilines is 1. The van der Waals surface area contributed by atoms with Crippen molar-refractivity contribution in [1.82, 2.24) is 0 Å². The molecule has 122 valence electrons. The Morgan fingerprint density at radius 3 is 2.52 bits per heavy atom. The average Bonchev–Trinajstić information content (AvgIpc) is 2.55. The number of carbonyl (C=O) groups is 1. The summed E-state index contributed by atoms with van der Waals surface area (Å²) in [5.74, 6) is 1.10. The molecule has 0 fully saturated rings. The molecule has 0 aromatic heterocycles. The number of aryl methyl sites for hydroxylation is 1. The van der Waals surface area contributed by atoms with Crippen LogP contribution in [-0.4, -0.2) is 12.5 Å². The Morgan fingerprint density at radius 2 is 1.91 bits per heavy atom. The predicted octanol–water partition coefficient (Wildman–Crippen LogP) is 5.13. The molecule has 1 amide bonds. The second-order valence-corrected chi connectivity index (χ2v) is 6.92. The summed E-state index contributed by atoms with van der Waals surface area (Å²) in [6.07, 6.45) is 1.11. The third-order valence-corrected chi connectivity index (χ3v) is 4.56. The Morgan fingerprint density at radius 1 is 1.22 bits per heavy atom. The number of halogens is 1. The van der Waals surface area contributed by atoms with E-state index in [0.29, 0.717) is 11.7 Å². The lowest BCUT2D eigenvalue weighted by atomic mass is 9.99. The maximum Gasteiger partial charge on any atom is 0.262 e. The molecular formula is C19H22INO2. The molecule has 23 heavy (non-hydrogen) atoms. The average molecular weight is 423 g/mol. The van der Waals surface area contributed by atoms with Gasteiger partial charge in [-0.1, -0.05) is 26.0 Å². The first kappa shape index (κ1) is 17.8. The maximum absolute atomic E-state index is 12.0. The van der Waals surface area contributed by atoms with Crippen molar-refractivity contribution in [1.29, 1.82) is 0 Å². The van der Waals surface area contributed by atoms with Crippen molar-refractivity contribution in [3.63, 3.8) is 0 Å². The zero-order valence-electron chi connectivity index (χ0n) is 13.7. The van der Waals surface area contributed by atoms with Crippen molar-refractivity contribution in [2.45, 2.75) is 33.1 Å². The summed E-state index contributed by atoms with van der Waals surface area (Å²) in [6, 6.07) is 13.9. The van der Waals surface area contributed by atoms with E-state index in [-0.39, 0.29) is 12.5 Å². The zero-order chi connectivity index (χ0) is 16.8. The van der Waals surface area contributed by atoms with E-state index in [4.69, 9.17) is 4.74 Å². The fourth-order valence-electron chi connectivity index (χ4n) is 2.23. The molecule has 4 heteroatoms. The van der Waals surface area contributed by atoms with Gasteiger partial charge in [0.15, 0.2) is 6.61 Å². The van der Waals surface area contributed by atoms with Gasteiger partial charge in [0, 0.05) is 9.26 Å². The SMILES string of the molecule is CCC(C)c1ccc(OCC(=O)Nc2ccc(I)cc2C)cc1. The number of rotatable bonds is 6. The molecule has 0 bridgehead atoms. The largest absolute Gasteiger partial charge is 0.484 e. The van der Waals surface area contributed by atoms with Gasteiger partial charge in [0.2, 0.25) is 0 Å². The van der Waals surface area contributed by atoms with Crippen LogP contribution in [0.15, 0.2) is 42.5 Å². The summed E-state index contributed by atoms with van der Waals surface area (Å²) in [4.78, 5) is 12.0. The summed E-state index contributed by atoms with van der Waals surface area (Å²) in [6.45, 7) is 6.36. The molecule has 0 saturated heterocycles. The molecule has 3 nitrogen and oxygen atoms in total. The summed E-state index contributed by atoms with van der Waals surface area (Å²) in [7, 11) is 0. The van der Waals surface area contributed by atoms with Crippen molar-refractivity contribution in [2.75, 3.05) is 11.9 Å². The van der Waals surface area contributed by atoms with Gasteiger partial charge in [-0.05, 0) is 83.3 Å². The molecule has 1 atom stereocenters. The van der Waals surface area contributed by atoms with E-state index in [1.807, 2.05) is 37.3 Å². The van der Waals surface area contributed by atoms with E-state index in [9.17, 15) is 4.79 Å². The third kappa shape index (κ3) is 5.23. The highest BCUT2D eigenvalue weighted by molar-refractivity contribution is 14.1. The van der Waals surface area contributed by atoms with Crippen LogP contribution in [0.25, 0.3) is 0 Å². The van der Waals surface area contributed by atoms with Crippen molar-refractivity contribution >= 4 is 34.2 Å². The van der Waals surface area contributed by atoms with Crippen LogP contribution in [0.1, 0.15) is 37.3 Å². The fourth-order valence-corrected chi connectivity index (χ4v) is 2.88. The van der Waals surface area contributed by atoms with Gasteiger partial charge in [-0.2, -0.15) is 0 Å². The van der Waals surface area contributed by atoms with Crippen LogP contribution in [0, 0.1) is 10.5 Å². The quantitative estimate of drug-likeness (QED) is 0.655. The van der Waals surface area contributed by atoms with Gasteiger partial charge in [0.25, 0.3) is 5.91 Å². The molecule has 1 N–H and O–H groups in total. The minimum atomic E-state index is -0.152. The van der Waals surface area contributed by atoms with E-state index in [0.717, 1.165) is 21.2 Å². The Kier molecular flexibility index (Phi) is 6.45. The monoisotopic (exact) mass is 423 g/mol. The number of amides is 1. The van der Waals surface area contributed by atoms with Crippen LogP contribution in [0.3, 0.4) is 0 Å². The Balaban J connectivity index is 1.89. The number of carbonyl (C=O) groups excluding carboxylic acids is 1. The topological polar surface area (TPSA) is 38.3 Å². The minimum Gasteiger partial charge on any atom is -0.484 e. The molecule has 0 aliphatic heterocycles. The van der Waals surface area contributed by atoms with E-state index < -0.39 is 0 Å². The van der Waals surface area contributed by atoms with Crippen LogP contribution in [-0.2, 0) is 4.79 Å². The predicted molar refractivity (Wildman–Crippen MR) is 103 cm³/mol. The van der Waals surface area contributed by atoms with Gasteiger partial charge in [-0.25, -0.2) is 0 Å². The zero-order valence-corrected chi connectivity index (χ0v) is 15.9. The first-order valence-electron chi connectivity index (χ1n) is 7.78. The van der Waals surface area contributed by atoms with Gasteiger partial charge in [0.1, 0.15) is 5.75 Å². The minimum absolute atomic E-state index is 0.00804. The van der Waals surface area contributed by atoms with E-state index in [1.165, 1.54) is 5.56 Å². The number of benzene rings is 2. The lowest BCUT2D eigenvalue weighted by Gasteiger charge is -2.12. The summed E-state index contributed by atoms with van der Waals surface area (Å²) in [5.41, 5.74) is 3.16. The van der Waals surface area contributed by atoms with Gasteiger partial charge in [-0.3, -0.25) is 4.79 Å². The van der Waals surface area contributed by atoms with Crippen LogP contribution >= 0.6 is 22.6 Å². The van der Waals surface area contributed by atoms with Crippen molar-refractivity contribution in [3.05, 3.63) is 57.2 Å². The van der Waals surface area contributed by atoms with Gasteiger partial charge >= 0.3 is 0 Å². The number of hydrogen-bond acceptors (Lipinski definition) is 2. The molecule has 0 heterocycles. The molecule has 1 unspecified atom stereocenters. The maximum atomic E-state index is 12.0. The molecular weight excluding hydrogens is 401 g/mol. The second-order valence-electron chi connectivity index (χ2n) is 5.67. The Labute approximate surface area is 151 Å². The normalized spacial score (nSPS) is 11.8. The van der Waals surface area contributed by atoms with Crippen molar-refractivity contribution < 1.29 is 9.53 Å². The highest BCUT2D eigenvalue weighted by Gasteiger charge is 2.07. The number of hydrogen-bond donors (Lipinski definition) is 1. The summed E-state index contributed by atoms with van der Waals surface area (Å²) in [5, 5.41) is 2.88. The van der Waals surface area contributed by atoms with Gasteiger partial charge in [-0.15, -0.1) is 0 Å². The first-order chi connectivity index (χ1) is 11.0. The summed E-state index contributed by atoms with van der Waals surface area (Å²) < 4.78 is 6.71.